The van der Waals surface area contributed by atoms with Gasteiger partial charge in [0.2, 0.25) is 11.8 Å². The Kier molecular flexibility index (Phi) is 8.76. The summed E-state index contributed by atoms with van der Waals surface area (Å²) < 4.78 is 5.74. The van der Waals surface area contributed by atoms with Gasteiger partial charge < -0.3 is 19.9 Å². The van der Waals surface area contributed by atoms with Crippen LogP contribution in [0.4, 0.5) is 0 Å². The highest BCUT2D eigenvalue weighted by Crippen LogP contribution is 2.24. The molecule has 0 spiro atoms. The molecule has 8 heteroatoms. The molecule has 2 saturated heterocycles. The first-order valence-corrected chi connectivity index (χ1v) is 12.4. The average Bonchev–Trinajstić information content (AvgIpc) is 2.81. The van der Waals surface area contributed by atoms with Crippen LogP contribution in [0.25, 0.3) is 0 Å². The SMILES string of the molecule is CCC(C)C(NC(=O)c1ccc(Cl)cc1)C(=O)N1CCC(C(=O)N2CC(C)OC(C)C2)CC1. The van der Waals surface area contributed by atoms with E-state index in [1.807, 2.05) is 32.6 Å². The fourth-order valence-electron chi connectivity index (χ4n) is 4.67. The molecule has 2 fully saturated rings. The number of nitrogens with zero attached hydrogens (tertiary/aromatic N) is 2. The predicted molar refractivity (Wildman–Crippen MR) is 128 cm³/mol. The van der Waals surface area contributed by atoms with Gasteiger partial charge in [0.1, 0.15) is 6.04 Å². The zero-order valence-electron chi connectivity index (χ0n) is 20.1. The Labute approximate surface area is 201 Å². The number of carbonyl (C=O) groups is 3. The van der Waals surface area contributed by atoms with E-state index in [9.17, 15) is 14.4 Å². The number of ether oxygens (including phenoxy) is 1. The van der Waals surface area contributed by atoms with Crippen molar-refractivity contribution in [3.8, 4) is 0 Å². The summed E-state index contributed by atoms with van der Waals surface area (Å²) in [4.78, 5) is 42.9. The van der Waals surface area contributed by atoms with Gasteiger partial charge in [-0.3, -0.25) is 14.4 Å². The van der Waals surface area contributed by atoms with Gasteiger partial charge in [-0.25, -0.2) is 0 Å². The van der Waals surface area contributed by atoms with E-state index in [1.165, 1.54) is 0 Å². The number of hydrogen-bond acceptors (Lipinski definition) is 4. The summed E-state index contributed by atoms with van der Waals surface area (Å²) in [5.74, 6) is -0.280. The van der Waals surface area contributed by atoms with Crippen molar-refractivity contribution < 1.29 is 19.1 Å². The summed E-state index contributed by atoms with van der Waals surface area (Å²) in [6.45, 7) is 10.2. The lowest BCUT2D eigenvalue weighted by Crippen LogP contribution is -2.55. The third-order valence-electron chi connectivity index (χ3n) is 6.76. The number of amides is 3. The molecule has 0 aliphatic carbocycles. The van der Waals surface area contributed by atoms with Crippen LogP contribution < -0.4 is 5.32 Å². The molecular weight excluding hydrogens is 442 g/mol. The minimum absolute atomic E-state index is 0.00979. The number of rotatable bonds is 6. The van der Waals surface area contributed by atoms with Gasteiger partial charge in [0.25, 0.3) is 5.91 Å². The van der Waals surface area contributed by atoms with E-state index in [2.05, 4.69) is 5.32 Å². The minimum Gasteiger partial charge on any atom is -0.372 e. The van der Waals surface area contributed by atoms with Crippen LogP contribution in [0.2, 0.25) is 5.02 Å². The Morgan fingerprint density at radius 1 is 1.06 bits per heavy atom. The maximum atomic E-state index is 13.4. The number of halogens is 1. The van der Waals surface area contributed by atoms with Crippen molar-refractivity contribution in [2.24, 2.45) is 11.8 Å². The molecule has 0 aromatic heterocycles. The molecule has 0 radical (unpaired) electrons. The lowest BCUT2D eigenvalue weighted by Gasteiger charge is -2.40. The van der Waals surface area contributed by atoms with Gasteiger partial charge in [-0.1, -0.05) is 31.9 Å². The zero-order valence-corrected chi connectivity index (χ0v) is 20.8. The van der Waals surface area contributed by atoms with Gasteiger partial charge >= 0.3 is 0 Å². The fourth-order valence-corrected chi connectivity index (χ4v) is 4.79. The first-order chi connectivity index (χ1) is 15.7. The quantitative estimate of drug-likeness (QED) is 0.681. The maximum Gasteiger partial charge on any atom is 0.251 e. The number of piperidine rings is 1. The second-order valence-corrected chi connectivity index (χ2v) is 9.88. The Balaban J connectivity index is 1.59. The summed E-state index contributed by atoms with van der Waals surface area (Å²) in [6.07, 6.45) is 2.13. The predicted octanol–water partition coefficient (Wildman–Crippen LogP) is 3.36. The van der Waals surface area contributed by atoms with E-state index >= 15 is 0 Å². The Bertz CT molecular complexity index is 829. The summed E-state index contributed by atoms with van der Waals surface area (Å²) >= 11 is 5.92. The summed E-state index contributed by atoms with van der Waals surface area (Å²) in [5.41, 5.74) is 0.471. The molecule has 7 nitrogen and oxygen atoms in total. The number of carbonyl (C=O) groups excluding carboxylic acids is 3. The highest BCUT2D eigenvalue weighted by atomic mass is 35.5. The molecule has 0 bridgehead atoms. The number of hydrogen-bond donors (Lipinski definition) is 1. The van der Waals surface area contributed by atoms with Crippen LogP contribution in [0.3, 0.4) is 0 Å². The monoisotopic (exact) mass is 477 g/mol. The Morgan fingerprint density at radius 3 is 2.18 bits per heavy atom. The molecule has 3 amide bonds. The molecule has 182 valence electrons. The van der Waals surface area contributed by atoms with Crippen molar-refractivity contribution in [3.63, 3.8) is 0 Å². The number of nitrogens with one attached hydrogen (secondary N) is 1. The van der Waals surface area contributed by atoms with Gasteiger partial charge in [0.05, 0.1) is 12.2 Å². The van der Waals surface area contributed by atoms with E-state index in [1.54, 1.807) is 29.2 Å². The highest BCUT2D eigenvalue weighted by Gasteiger charge is 2.36. The molecular formula is C25H36ClN3O4. The Morgan fingerprint density at radius 2 is 1.64 bits per heavy atom. The molecule has 2 heterocycles. The van der Waals surface area contributed by atoms with Gasteiger partial charge in [-0.05, 0) is 56.9 Å². The molecule has 1 N–H and O–H groups in total. The fraction of sp³-hybridized carbons (Fsp3) is 0.640. The third kappa shape index (κ3) is 6.48. The standard InChI is InChI=1S/C25H36ClN3O4/c1-5-16(2)22(27-23(30)19-6-8-21(26)9-7-19)25(32)28-12-10-20(11-13-28)24(31)29-14-17(3)33-18(4)15-29/h6-9,16-18,20,22H,5,10-15H2,1-4H3,(H,27,30). The number of likely N-dealkylation sites (tertiary alicyclic amines) is 1. The maximum absolute atomic E-state index is 13.4. The van der Waals surface area contributed by atoms with E-state index < -0.39 is 6.04 Å². The molecule has 4 atom stereocenters. The van der Waals surface area contributed by atoms with E-state index in [4.69, 9.17) is 16.3 Å². The lowest BCUT2D eigenvalue weighted by atomic mass is 9.92. The van der Waals surface area contributed by atoms with Crippen molar-refractivity contribution in [3.05, 3.63) is 34.9 Å². The van der Waals surface area contributed by atoms with E-state index in [0.717, 1.165) is 6.42 Å². The van der Waals surface area contributed by atoms with Gasteiger partial charge in [-0.2, -0.15) is 0 Å². The van der Waals surface area contributed by atoms with Gasteiger partial charge in [0.15, 0.2) is 0 Å². The number of benzene rings is 1. The lowest BCUT2D eigenvalue weighted by molar-refractivity contribution is -0.150. The molecule has 2 aliphatic heterocycles. The highest BCUT2D eigenvalue weighted by molar-refractivity contribution is 6.30. The molecule has 2 aliphatic rings. The van der Waals surface area contributed by atoms with Crippen LogP contribution in [-0.2, 0) is 14.3 Å². The largest absolute Gasteiger partial charge is 0.372 e. The van der Waals surface area contributed by atoms with Gasteiger partial charge in [0, 0.05) is 42.7 Å². The molecule has 1 aromatic carbocycles. The molecule has 3 rings (SSSR count). The topological polar surface area (TPSA) is 79.0 Å². The minimum atomic E-state index is -0.605. The summed E-state index contributed by atoms with van der Waals surface area (Å²) in [6, 6.07) is 6.02. The Hall–Kier alpha value is -2.12. The van der Waals surface area contributed by atoms with Crippen LogP contribution in [0.5, 0.6) is 0 Å². The van der Waals surface area contributed by atoms with Crippen molar-refractivity contribution >= 4 is 29.3 Å². The van der Waals surface area contributed by atoms with Crippen LogP contribution in [0.15, 0.2) is 24.3 Å². The third-order valence-corrected chi connectivity index (χ3v) is 7.01. The molecule has 1 aromatic rings. The molecule has 0 saturated carbocycles. The van der Waals surface area contributed by atoms with Crippen LogP contribution >= 0.6 is 11.6 Å². The zero-order chi connectivity index (χ0) is 24.1. The van der Waals surface area contributed by atoms with E-state index in [0.29, 0.717) is 49.6 Å². The first kappa shape index (κ1) is 25.5. The normalized spacial score (nSPS) is 23.7. The van der Waals surface area contributed by atoms with Crippen LogP contribution in [0, 0.1) is 11.8 Å². The van der Waals surface area contributed by atoms with Crippen LogP contribution in [0.1, 0.15) is 57.3 Å². The average molecular weight is 478 g/mol. The van der Waals surface area contributed by atoms with Crippen molar-refractivity contribution in [1.82, 2.24) is 15.1 Å². The van der Waals surface area contributed by atoms with Crippen molar-refractivity contribution in [1.29, 1.82) is 0 Å². The number of morpholine rings is 1. The van der Waals surface area contributed by atoms with Gasteiger partial charge in [-0.15, -0.1) is 0 Å². The molecule has 33 heavy (non-hydrogen) atoms. The molecule has 4 unspecified atom stereocenters. The van der Waals surface area contributed by atoms with Crippen molar-refractivity contribution in [2.45, 2.75) is 65.2 Å². The van der Waals surface area contributed by atoms with E-state index in [-0.39, 0.29) is 41.8 Å². The smallest absolute Gasteiger partial charge is 0.251 e. The summed E-state index contributed by atoms with van der Waals surface area (Å²) in [5, 5.41) is 3.49. The first-order valence-electron chi connectivity index (χ1n) is 12.0. The second kappa shape index (κ2) is 11.3. The summed E-state index contributed by atoms with van der Waals surface area (Å²) in [7, 11) is 0. The van der Waals surface area contributed by atoms with Crippen LogP contribution in [-0.4, -0.2) is 72.0 Å². The van der Waals surface area contributed by atoms with Crippen molar-refractivity contribution in [2.75, 3.05) is 26.2 Å². The second-order valence-electron chi connectivity index (χ2n) is 9.44.